The van der Waals surface area contributed by atoms with Crippen molar-refractivity contribution in [1.29, 1.82) is 0 Å². The van der Waals surface area contributed by atoms with Crippen LogP contribution in [-0.4, -0.2) is 22.4 Å². The Balaban J connectivity index is 1.81. The lowest BCUT2D eigenvalue weighted by Gasteiger charge is -2.11. The second kappa shape index (κ2) is 7.89. The molecule has 0 radical (unpaired) electrons. The average molecular weight is 394 g/mol. The molecule has 0 aliphatic rings. The van der Waals surface area contributed by atoms with Gasteiger partial charge in [0.1, 0.15) is 0 Å². The minimum absolute atomic E-state index is 0.0277. The summed E-state index contributed by atoms with van der Waals surface area (Å²) in [5.74, 6) is 0. The molecular formula is C16H16F6N4O. The Kier molecular flexibility index (Phi) is 6.01. The Morgan fingerprint density at radius 1 is 1.11 bits per heavy atom. The molecule has 1 aromatic heterocycles. The molecule has 2 N–H and O–H groups in total. The molecule has 2 aromatic rings. The second-order valence-electron chi connectivity index (χ2n) is 5.70. The number of hydrogen-bond donors (Lipinski definition) is 2. The van der Waals surface area contributed by atoms with Crippen molar-refractivity contribution in [3.05, 3.63) is 47.3 Å². The number of alkyl halides is 6. The van der Waals surface area contributed by atoms with Crippen LogP contribution in [0.4, 0.5) is 36.8 Å². The first-order valence-electron chi connectivity index (χ1n) is 7.80. The van der Waals surface area contributed by atoms with E-state index in [1.54, 1.807) is 0 Å². The van der Waals surface area contributed by atoms with Gasteiger partial charge in [0.2, 0.25) is 0 Å². The highest BCUT2D eigenvalue weighted by atomic mass is 19.4. The molecule has 1 aromatic carbocycles. The van der Waals surface area contributed by atoms with Crippen LogP contribution in [0.5, 0.6) is 0 Å². The van der Waals surface area contributed by atoms with Gasteiger partial charge in [0.05, 0.1) is 5.56 Å². The Labute approximate surface area is 150 Å². The third kappa shape index (κ3) is 5.90. The summed E-state index contributed by atoms with van der Waals surface area (Å²) in [6.45, 7) is 1.73. The van der Waals surface area contributed by atoms with Gasteiger partial charge in [-0.15, -0.1) is 0 Å². The first-order chi connectivity index (χ1) is 12.5. The number of rotatable bonds is 5. The quantitative estimate of drug-likeness (QED) is 0.582. The minimum atomic E-state index is -4.53. The summed E-state index contributed by atoms with van der Waals surface area (Å²) < 4.78 is 76.7. The van der Waals surface area contributed by atoms with E-state index in [1.807, 2.05) is 0 Å². The number of carbonyl (C=O) groups is 1. The Bertz CT molecular complexity index is 797. The summed E-state index contributed by atoms with van der Waals surface area (Å²) in [5, 5.41) is 8.14. The molecule has 0 saturated heterocycles. The van der Waals surface area contributed by atoms with Gasteiger partial charge in [-0.25, -0.2) is 4.79 Å². The van der Waals surface area contributed by atoms with Crippen molar-refractivity contribution in [2.45, 2.75) is 32.2 Å². The van der Waals surface area contributed by atoms with Crippen molar-refractivity contribution in [3.8, 4) is 0 Å². The lowest BCUT2D eigenvalue weighted by molar-refractivity contribution is -0.141. The molecular weight excluding hydrogens is 378 g/mol. The molecule has 5 nitrogen and oxygen atoms in total. The highest BCUT2D eigenvalue weighted by Crippen LogP contribution is 2.30. The van der Waals surface area contributed by atoms with E-state index in [-0.39, 0.29) is 25.2 Å². The first-order valence-corrected chi connectivity index (χ1v) is 7.80. The monoisotopic (exact) mass is 394 g/mol. The average Bonchev–Trinajstić information content (AvgIpc) is 2.92. The number of hydrogen-bond acceptors (Lipinski definition) is 2. The predicted octanol–water partition coefficient (Wildman–Crippen LogP) is 4.44. The van der Waals surface area contributed by atoms with Crippen molar-refractivity contribution in [2.75, 3.05) is 11.9 Å². The van der Waals surface area contributed by atoms with E-state index in [0.29, 0.717) is 5.69 Å². The molecule has 1 heterocycles. The maximum Gasteiger partial charge on any atom is 0.435 e. The normalized spacial score (nSPS) is 12.1. The molecule has 0 fully saturated rings. The largest absolute Gasteiger partial charge is 0.435 e. The van der Waals surface area contributed by atoms with Gasteiger partial charge in [-0.05, 0) is 37.6 Å². The maximum atomic E-state index is 12.6. The molecule has 2 rings (SSSR count). The lowest BCUT2D eigenvalue weighted by atomic mass is 10.2. The highest BCUT2D eigenvalue weighted by Gasteiger charge is 2.34. The van der Waals surface area contributed by atoms with Gasteiger partial charge >= 0.3 is 18.4 Å². The van der Waals surface area contributed by atoms with E-state index >= 15 is 0 Å². The number of benzene rings is 1. The van der Waals surface area contributed by atoms with E-state index < -0.39 is 29.6 Å². The molecule has 27 heavy (non-hydrogen) atoms. The van der Waals surface area contributed by atoms with Crippen LogP contribution in [-0.2, 0) is 18.9 Å². The predicted molar refractivity (Wildman–Crippen MR) is 85.0 cm³/mol. The van der Waals surface area contributed by atoms with E-state index in [0.717, 1.165) is 24.3 Å². The fraction of sp³-hybridized carbons (Fsp3) is 0.375. The molecule has 148 valence electrons. The van der Waals surface area contributed by atoms with Crippen molar-refractivity contribution < 1.29 is 31.1 Å². The number of nitrogens with zero attached hydrogens (tertiary/aromatic N) is 2. The molecule has 2 amide bonds. The van der Waals surface area contributed by atoms with Crippen LogP contribution in [0.1, 0.15) is 23.4 Å². The van der Waals surface area contributed by atoms with Gasteiger partial charge in [-0.3, -0.25) is 4.68 Å². The summed E-state index contributed by atoms with van der Waals surface area (Å²) in [7, 11) is 0. The van der Waals surface area contributed by atoms with Crippen LogP contribution in [0.15, 0.2) is 30.3 Å². The van der Waals surface area contributed by atoms with Gasteiger partial charge < -0.3 is 10.6 Å². The topological polar surface area (TPSA) is 59.0 Å². The van der Waals surface area contributed by atoms with Crippen LogP contribution in [0.3, 0.4) is 0 Å². The third-order valence-corrected chi connectivity index (χ3v) is 3.55. The number of aromatic nitrogens is 2. The van der Waals surface area contributed by atoms with Crippen molar-refractivity contribution in [3.63, 3.8) is 0 Å². The summed E-state index contributed by atoms with van der Waals surface area (Å²) in [6.07, 6.45) is -8.76. The Hall–Kier alpha value is -2.72. The fourth-order valence-electron chi connectivity index (χ4n) is 2.25. The zero-order valence-corrected chi connectivity index (χ0v) is 14.1. The van der Waals surface area contributed by atoms with Gasteiger partial charge in [0.25, 0.3) is 0 Å². The van der Waals surface area contributed by atoms with Gasteiger partial charge in [0.15, 0.2) is 5.69 Å². The number of urea groups is 1. The number of halogens is 6. The number of carbonyl (C=O) groups excluding carboxylic acids is 1. The molecule has 0 atom stereocenters. The third-order valence-electron chi connectivity index (χ3n) is 3.55. The fourth-order valence-corrected chi connectivity index (χ4v) is 2.25. The van der Waals surface area contributed by atoms with Crippen molar-refractivity contribution in [2.24, 2.45) is 0 Å². The van der Waals surface area contributed by atoms with Crippen LogP contribution in [0.25, 0.3) is 0 Å². The zero-order chi connectivity index (χ0) is 20.2. The summed E-state index contributed by atoms with van der Waals surface area (Å²) >= 11 is 0. The first kappa shape index (κ1) is 20.6. The molecule has 0 unspecified atom stereocenters. The number of nitrogens with one attached hydrogen (secondary N) is 2. The molecule has 0 saturated carbocycles. The second-order valence-corrected chi connectivity index (χ2v) is 5.70. The number of anilines is 1. The summed E-state index contributed by atoms with van der Waals surface area (Å²) in [4.78, 5) is 11.7. The highest BCUT2D eigenvalue weighted by molar-refractivity contribution is 5.89. The van der Waals surface area contributed by atoms with Gasteiger partial charge in [0, 0.05) is 24.5 Å². The van der Waals surface area contributed by atoms with Gasteiger partial charge in [-0.2, -0.15) is 31.4 Å². The molecule has 0 bridgehead atoms. The maximum absolute atomic E-state index is 12.6. The Morgan fingerprint density at radius 3 is 2.41 bits per heavy atom. The number of aryl methyl sites for hydroxylation is 2. The van der Waals surface area contributed by atoms with Crippen LogP contribution in [0, 0.1) is 6.92 Å². The van der Waals surface area contributed by atoms with Crippen LogP contribution in [0.2, 0.25) is 0 Å². The van der Waals surface area contributed by atoms with E-state index in [1.165, 1.54) is 17.7 Å². The van der Waals surface area contributed by atoms with Crippen LogP contribution >= 0.6 is 0 Å². The van der Waals surface area contributed by atoms with Gasteiger partial charge in [-0.1, -0.05) is 6.07 Å². The SMILES string of the molecule is Cc1cc(C(F)(F)F)nn1CCCNC(=O)Nc1cccc(C(F)(F)F)c1. The Morgan fingerprint density at radius 2 is 1.81 bits per heavy atom. The molecule has 11 heteroatoms. The van der Waals surface area contributed by atoms with E-state index in [4.69, 9.17) is 0 Å². The lowest BCUT2D eigenvalue weighted by Crippen LogP contribution is -2.30. The molecule has 0 spiro atoms. The minimum Gasteiger partial charge on any atom is -0.338 e. The van der Waals surface area contributed by atoms with E-state index in [2.05, 4.69) is 15.7 Å². The summed E-state index contributed by atoms with van der Waals surface area (Å²) in [6, 6.07) is 4.35. The van der Waals surface area contributed by atoms with Crippen molar-refractivity contribution in [1.82, 2.24) is 15.1 Å². The number of amides is 2. The zero-order valence-electron chi connectivity index (χ0n) is 14.1. The molecule has 0 aliphatic heterocycles. The van der Waals surface area contributed by atoms with Crippen LogP contribution < -0.4 is 10.6 Å². The standard InChI is InChI=1S/C16H16F6N4O/c1-10-8-13(16(20,21)22)25-26(10)7-3-6-23-14(27)24-12-5-2-4-11(9-12)15(17,18)19/h2,4-5,8-9H,3,6-7H2,1H3,(H2,23,24,27). The summed E-state index contributed by atoms with van der Waals surface area (Å²) in [5.41, 5.74) is -1.58. The smallest absolute Gasteiger partial charge is 0.338 e. The van der Waals surface area contributed by atoms with Crippen molar-refractivity contribution >= 4 is 11.7 Å². The van der Waals surface area contributed by atoms with E-state index in [9.17, 15) is 31.1 Å². The molecule has 0 aliphatic carbocycles.